The van der Waals surface area contributed by atoms with Crippen molar-refractivity contribution in [3.8, 4) is 0 Å². The maximum absolute atomic E-state index is 12.6. The fourth-order valence-corrected chi connectivity index (χ4v) is 6.42. The number of carbonyl (C=O) groups excluding carboxylic acids is 2. The Morgan fingerprint density at radius 2 is 1.15 bits per heavy atom. The van der Waals surface area contributed by atoms with E-state index in [0.29, 0.717) is 19.3 Å². The van der Waals surface area contributed by atoms with Gasteiger partial charge in [0.15, 0.2) is 6.10 Å². The van der Waals surface area contributed by atoms with Crippen LogP contribution in [0.4, 0.5) is 0 Å². The Balaban J connectivity index is 4.57. The zero-order chi connectivity index (χ0) is 45.1. The molecule has 4 atom stereocenters. The minimum atomic E-state index is -4.77. The van der Waals surface area contributed by atoms with Crippen molar-refractivity contribution in [2.75, 3.05) is 19.8 Å². The van der Waals surface area contributed by atoms with E-state index in [1.807, 2.05) is 12.2 Å². The van der Waals surface area contributed by atoms with Crippen molar-refractivity contribution in [3.05, 3.63) is 85.1 Å². The van der Waals surface area contributed by atoms with Crippen LogP contribution < -0.4 is 5.73 Å². The standard InChI is InChI=1S/C48H80NO11P/c1-3-5-7-9-11-13-15-17-18-19-20-22-24-26-28-30-34-38-46(51)57-40-44(41-58-61(55,56)59-42-45(49)48(53)54)60-47(52)39-35-31-33-37-43(50)36-32-29-27-25-23-21-16-14-12-10-8-6-4-2/h6,8,12,14,17-18,21,23,27,29,31-33,36,43-45,50H,3-5,7,9-11,13,15-16,19-20,22,24-26,28,30,34-35,37-42,49H2,1-2H3,(H,53,54)(H,55,56)/b8-6-,14-12-,18-17-,23-21-,29-27-,33-31-,36-32-/t43?,44-,45+/m1/s1. The van der Waals surface area contributed by atoms with Crippen LogP contribution in [0.5, 0.6) is 0 Å². The Bertz CT molecular complexity index is 1370. The van der Waals surface area contributed by atoms with Crippen molar-refractivity contribution in [2.45, 2.75) is 180 Å². The summed E-state index contributed by atoms with van der Waals surface area (Å²) in [5.74, 6) is -2.60. The number of ether oxygens (including phenoxy) is 2. The average Bonchev–Trinajstić information content (AvgIpc) is 3.23. The number of esters is 2. The number of phosphoric acid groups is 1. The molecule has 0 saturated carbocycles. The molecular weight excluding hydrogens is 797 g/mol. The van der Waals surface area contributed by atoms with Crippen molar-refractivity contribution in [1.29, 1.82) is 0 Å². The number of nitrogens with two attached hydrogens (primary N) is 1. The Hall–Kier alpha value is -3.38. The molecule has 0 radical (unpaired) electrons. The highest BCUT2D eigenvalue weighted by molar-refractivity contribution is 7.47. The molecule has 0 aromatic carbocycles. The molecule has 2 unspecified atom stereocenters. The van der Waals surface area contributed by atoms with E-state index in [4.69, 9.17) is 24.8 Å². The van der Waals surface area contributed by atoms with Crippen molar-refractivity contribution in [2.24, 2.45) is 5.73 Å². The van der Waals surface area contributed by atoms with Gasteiger partial charge in [-0.25, -0.2) is 4.57 Å². The Morgan fingerprint density at radius 3 is 1.75 bits per heavy atom. The maximum Gasteiger partial charge on any atom is 0.472 e. The largest absolute Gasteiger partial charge is 0.480 e. The molecule has 0 bridgehead atoms. The van der Waals surface area contributed by atoms with Crippen LogP contribution in [0.25, 0.3) is 0 Å². The second kappa shape index (κ2) is 41.9. The molecule has 0 aliphatic carbocycles. The number of aliphatic hydroxyl groups is 1. The van der Waals surface area contributed by atoms with Crippen LogP contribution in [0.3, 0.4) is 0 Å². The lowest BCUT2D eigenvalue weighted by atomic mass is 10.1. The normalized spacial score (nSPS) is 15.0. The molecule has 12 nitrogen and oxygen atoms in total. The van der Waals surface area contributed by atoms with Crippen molar-refractivity contribution in [3.63, 3.8) is 0 Å². The molecule has 0 aliphatic rings. The number of carboxylic acids is 1. The number of aliphatic carboxylic acids is 1. The summed E-state index contributed by atoms with van der Waals surface area (Å²) in [6, 6.07) is -1.55. The zero-order valence-corrected chi connectivity index (χ0v) is 38.2. The number of hydrogen-bond acceptors (Lipinski definition) is 10. The van der Waals surface area contributed by atoms with E-state index in [9.17, 15) is 28.9 Å². The molecule has 0 fully saturated rings. The Labute approximate surface area is 367 Å². The Morgan fingerprint density at radius 1 is 0.607 bits per heavy atom. The number of carboxylic acid groups (broad SMARTS) is 1. The molecular formula is C48H80NO11P. The van der Waals surface area contributed by atoms with Crippen LogP contribution in [0.2, 0.25) is 0 Å². The van der Waals surface area contributed by atoms with Crippen LogP contribution in [-0.4, -0.2) is 71.1 Å². The summed E-state index contributed by atoms with van der Waals surface area (Å²) in [5, 5.41) is 19.1. The van der Waals surface area contributed by atoms with E-state index in [0.717, 1.165) is 57.8 Å². The highest BCUT2D eigenvalue weighted by Crippen LogP contribution is 2.43. The topological polar surface area (TPSA) is 192 Å². The van der Waals surface area contributed by atoms with Gasteiger partial charge in [0, 0.05) is 12.8 Å². The van der Waals surface area contributed by atoms with Gasteiger partial charge in [0.2, 0.25) is 0 Å². The number of hydrogen-bond donors (Lipinski definition) is 4. The lowest BCUT2D eigenvalue weighted by molar-refractivity contribution is -0.161. The number of carbonyl (C=O) groups is 3. The quantitative estimate of drug-likeness (QED) is 0.0150. The summed E-state index contributed by atoms with van der Waals surface area (Å²) in [5.41, 5.74) is 5.33. The van der Waals surface area contributed by atoms with Gasteiger partial charge in [0.05, 0.1) is 19.3 Å². The predicted molar refractivity (Wildman–Crippen MR) is 246 cm³/mol. The molecule has 5 N–H and O–H groups in total. The number of phosphoric ester groups is 1. The number of allylic oxidation sites excluding steroid dienone is 12. The first-order valence-corrected chi connectivity index (χ1v) is 24.2. The molecule has 348 valence electrons. The minimum absolute atomic E-state index is 0.0501. The average molecular weight is 878 g/mol. The van der Waals surface area contributed by atoms with E-state index >= 15 is 0 Å². The molecule has 0 rings (SSSR count). The number of unbranched alkanes of at least 4 members (excludes halogenated alkanes) is 13. The number of rotatable bonds is 41. The van der Waals surface area contributed by atoms with E-state index in [1.54, 1.807) is 24.3 Å². The summed E-state index contributed by atoms with van der Waals surface area (Å²) in [6.45, 7) is 2.49. The fraction of sp³-hybridized carbons (Fsp3) is 0.646. The van der Waals surface area contributed by atoms with Gasteiger partial charge in [-0.05, 0) is 70.6 Å². The Kier molecular flexibility index (Phi) is 39.6. The van der Waals surface area contributed by atoms with E-state index in [2.05, 4.69) is 67.0 Å². The summed E-state index contributed by atoms with van der Waals surface area (Å²) in [6.07, 6.45) is 48.2. The zero-order valence-electron chi connectivity index (χ0n) is 37.3. The van der Waals surface area contributed by atoms with Gasteiger partial charge in [-0.1, -0.05) is 163 Å². The monoisotopic (exact) mass is 878 g/mol. The lowest BCUT2D eigenvalue weighted by Crippen LogP contribution is -2.34. The second-order valence-corrected chi connectivity index (χ2v) is 16.5. The SMILES string of the molecule is CC/C=C\C/C=C\C/C=C\C/C=C\C=C/C(O)C/C=C\CCC(=O)O[C@H](COC(=O)CCCCCCCCC/C=C\CCCCCCCC)COP(=O)(O)OC[C@H](N)C(=O)O. The smallest absolute Gasteiger partial charge is 0.472 e. The van der Waals surface area contributed by atoms with Crippen molar-refractivity contribution >= 4 is 25.7 Å². The molecule has 0 aromatic heterocycles. The number of aliphatic hydroxyl groups excluding tert-OH is 1. The highest BCUT2D eigenvalue weighted by atomic mass is 31.2. The third kappa shape index (κ3) is 41.7. The summed E-state index contributed by atoms with van der Waals surface area (Å²) in [4.78, 5) is 46.0. The van der Waals surface area contributed by atoms with Crippen LogP contribution >= 0.6 is 7.82 Å². The van der Waals surface area contributed by atoms with Crippen molar-refractivity contribution in [1.82, 2.24) is 0 Å². The fourth-order valence-electron chi connectivity index (χ4n) is 5.64. The van der Waals surface area contributed by atoms with Crippen LogP contribution in [0, 0.1) is 0 Å². The first kappa shape index (κ1) is 57.6. The predicted octanol–water partition coefficient (Wildman–Crippen LogP) is 11.3. The van der Waals surface area contributed by atoms with E-state index < -0.39 is 63.8 Å². The van der Waals surface area contributed by atoms with Crippen molar-refractivity contribution < 1.29 is 52.6 Å². The maximum atomic E-state index is 12.6. The summed E-state index contributed by atoms with van der Waals surface area (Å²) >= 11 is 0. The van der Waals surface area contributed by atoms with E-state index in [-0.39, 0.29) is 12.8 Å². The minimum Gasteiger partial charge on any atom is -0.480 e. The van der Waals surface area contributed by atoms with Gasteiger partial charge in [0.25, 0.3) is 0 Å². The first-order valence-electron chi connectivity index (χ1n) is 22.7. The van der Waals surface area contributed by atoms with Crippen LogP contribution in [0.1, 0.15) is 162 Å². The molecule has 61 heavy (non-hydrogen) atoms. The molecule has 0 spiro atoms. The molecule has 13 heteroatoms. The van der Waals surface area contributed by atoms with Gasteiger partial charge in [-0.3, -0.25) is 23.4 Å². The van der Waals surface area contributed by atoms with Gasteiger partial charge < -0.3 is 30.3 Å². The van der Waals surface area contributed by atoms with Crippen LogP contribution in [0.15, 0.2) is 85.1 Å². The second-order valence-electron chi connectivity index (χ2n) is 15.0. The lowest BCUT2D eigenvalue weighted by Gasteiger charge is -2.20. The first-order chi connectivity index (χ1) is 29.5. The van der Waals surface area contributed by atoms with Gasteiger partial charge in [-0.2, -0.15) is 0 Å². The van der Waals surface area contributed by atoms with Gasteiger partial charge in [0.1, 0.15) is 12.6 Å². The summed E-state index contributed by atoms with van der Waals surface area (Å²) < 4.78 is 32.6. The van der Waals surface area contributed by atoms with Crippen LogP contribution in [-0.2, 0) is 37.5 Å². The highest BCUT2D eigenvalue weighted by Gasteiger charge is 2.28. The molecule has 0 amide bonds. The molecule has 0 aliphatic heterocycles. The molecule has 0 saturated heterocycles. The van der Waals surface area contributed by atoms with Gasteiger partial charge >= 0.3 is 25.7 Å². The summed E-state index contributed by atoms with van der Waals surface area (Å²) in [7, 11) is -4.77. The molecule has 0 heterocycles. The van der Waals surface area contributed by atoms with Gasteiger partial charge in [-0.15, -0.1) is 0 Å². The third-order valence-corrected chi connectivity index (χ3v) is 10.2. The van der Waals surface area contributed by atoms with E-state index in [1.165, 1.54) is 57.8 Å². The third-order valence-electron chi connectivity index (χ3n) is 9.22. The molecule has 0 aromatic rings.